The predicted octanol–water partition coefficient (Wildman–Crippen LogP) is 5.53. The van der Waals surface area contributed by atoms with Crippen LogP contribution in [0, 0.1) is 6.92 Å². The standard InChI is InChI=1S/C27H25N5O2.H2/c1-3-33-21-6-8-23-22(14-21)27(29-16-28-23)32-10-11-34-26-9-5-18(12-20(26)15-32)19-4-7-24-25(13-19)31-17(2)30-24;/h4-9,12-14,16H,3,10-11,15H2,1-2H3,(H,30,31);1H. The summed E-state index contributed by atoms with van der Waals surface area (Å²) in [7, 11) is 0. The average Bonchev–Trinajstić information content (AvgIpc) is 3.09. The third kappa shape index (κ3) is 3.69. The van der Waals surface area contributed by atoms with Crippen LogP contribution < -0.4 is 14.4 Å². The molecule has 7 heteroatoms. The molecular formula is C27H27N5O2. The van der Waals surface area contributed by atoms with Crippen molar-refractivity contribution in [3.63, 3.8) is 0 Å². The Balaban J connectivity index is 0.00000253. The molecule has 0 aliphatic carbocycles. The number of hydrogen-bond donors (Lipinski definition) is 1. The highest BCUT2D eigenvalue weighted by atomic mass is 16.5. The van der Waals surface area contributed by atoms with Gasteiger partial charge in [-0.25, -0.2) is 15.0 Å². The summed E-state index contributed by atoms with van der Waals surface area (Å²) >= 11 is 0. The highest BCUT2D eigenvalue weighted by Gasteiger charge is 2.20. The summed E-state index contributed by atoms with van der Waals surface area (Å²) in [5.74, 6) is 3.55. The zero-order chi connectivity index (χ0) is 23.1. The van der Waals surface area contributed by atoms with Crippen LogP contribution in [0.25, 0.3) is 33.1 Å². The maximum atomic E-state index is 6.11. The van der Waals surface area contributed by atoms with Crippen LogP contribution in [0.2, 0.25) is 0 Å². The van der Waals surface area contributed by atoms with E-state index in [2.05, 4.69) is 61.2 Å². The van der Waals surface area contributed by atoms with Crippen LogP contribution in [0.15, 0.2) is 60.9 Å². The van der Waals surface area contributed by atoms with E-state index in [1.165, 1.54) is 0 Å². The number of hydrogen-bond acceptors (Lipinski definition) is 6. The molecule has 1 aliphatic rings. The monoisotopic (exact) mass is 453 g/mol. The van der Waals surface area contributed by atoms with Crippen LogP contribution in [-0.2, 0) is 6.54 Å². The minimum absolute atomic E-state index is 0. The van der Waals surface area contributed by atoms with Gasteiger partial charge in [0.15, 0.2) is 0 Å². The second-order valence-electron chi connectivity index (χ2n) is 8.46. The minimum atomic E-state index is 0. The van der Waals surface area contributed by atoms with Crippen LogP contribution in [0.5, 0.6) is 11.5 Å². The second kappa shape index (κ2) is 8.33. The van der Waals surface area contributed by atoms with E-state index in [9.17, 15) is 0 Å². The third-order valence-electron chi connectivity index (χ3n) is 6.17. The van der Waals surface area contributed by atoms with E-state index in [-0.39, 0.29) is 1.43 Å². The Kier molecular flexibility index (Phi) is 5.02. The van der Waals surface area contributed by atoms with Crippen molar-refractivity contribution in [2.75, 3.05) is 24.7 Å². The van der Waals surface area contributed by atoms with Gasteiger partial charge in [0.25, 0.3) is 0 Å². The van der Waals surface area contributed by atoms with Crippen molar-refractivity contribution in [3.05, 3.63) is 72.3 Å². The van der Waals surface area contributed by atoms with Gasteiger partial charge in [-0.2, -0.15) is 0 Å². The lowest BCUT2D eigenvalue weighted by atomic mass is 10.0. The first-order chi connectivity index (χ1) is 16.7. The quantitative estimate of drug-likeness (QED) is 0.386. The van der Waals surface area contributed by atoms with Crippen molar-refractivity contribution < 1.29 is 10.9 Å². The van der Waals surface area contributed by atoms with Crippen LogP contribution in [0.4, 0.5) is 5.82 Å². The molecule has 0 amide bonds. The summed E-state index contributed by atoms with van der Waals surface area (Å²) in [5.41, 5.74) is 6.33. The summed E-state index contributed by atoms with van der Waals surface area (Å²) in [6.07, 6.45) is 1.63. The number of ether oxygens (including phenoxy) is 2. The summed E-state index contributed by atoms with van der Waals surface area (Å²) in [6, 6.07) is 18.7. The number of aromatic amines is 1. The van der Waals surface area contributed by atoms with Crippen LogP contribution in [-0.4, -0.2) is 39.7 Å². The molecule has 5 aromatic rings. The van der Waals surface area contributed by atoms with E-state index >= 15 is 0 Å². The molecule has 0 spiro atoms. The first-order valence-corrected chi connectivity index (χ1v) is 11.5. The molecule has 0 saturated heterocycles. The van der Waals surface area contributed by atoms with E-state index in [1.807, 2.05) is 32.0 Å². The van der Waals surface area contributed by atoms with Crippen molar-refractivity contribution in [3.8, 4) is 22.6 Å². The van der Waals surface area contributed by atoms with E-state index in [0.29, 0.717) is 19.8 Å². The normalized spacial score (nSPS) is 13.5. The number of aromatic nitrogens is 4. The van der Waals surface area contributed by atoms with E-state index in [4.69, 9.17) is 9.47 Å². The van der Waals surface area contributed by atoms with Crippen molar-refractivity contribution >= 4 is 27.8 Å². The lowest BCUT2D eigenvalue weighted by Crippen LogP contribution is -2.26. The zero-order valence-corrected chi connectivity index (χ0v) is 19.2. The van der Waals surface area contributed by atoms with Gasteiger partial charge in [-0.05, 0) is 67.4 Å². The van der Waals surface area contributed by atoms with Crippen LogP contribution in [0.3, 0.4) is 0 Å². The van der Waals surface area contributed by atoms with Gasteiger partial charge >= 0.3 is 0 Å². The van der Waals surface area contributed by atoms with E-state index in [0.717, 1.165) is 68.3 Å². The van der Waals surface area contributed by atoms with E-state index < -0.39 is 0 Å². The van der Waals surface area contributed by atoms with Crippen LogP contribution >= 0.6 is 0 Å². The molecule has 6 rings (SSSR count). The zero-order valence-electron chi connectivity index (χ0n) is 19.2. The predicted molar refractivity (Wildman–Crippen MR) is 136 cm³/mol. The van der Waals surface area contributed by atoms with Gasteiger partial charge in [-0.1, -0.05) is 12.1 Å². The Labute approximate surface area is 198 Å². The molecule has 34 heavy (non-hydrogen) atoms. The molecule has 0 unspecified atom stereocenters. The highest BCUT2D eigenvalue weighted by molar-refractivity contribution is 5.90. The number of imidazole rings is 1. The molecule has 0 fully saturated rings. The van der Waals surface area contributed by atoms with Crippen molar-refractivity contribution in [1.82, 2.24) is 19.9 Å². The third-order valence-corrected chi connectivity index (χ3v) is 6.17. The number of fused-ring (bicyclic) bond motifs is 3. The summed E-state index contributed by atoms with van der Waals surface area (Å²) in [4.78, 5) is 19.2. The van der Waals surface area contributed by atoms with Crippen molar-refractivity contribution in [1.29, 1.82) is 0 Å². The molecule has 3 aromatic carbocycles. The minimum Gasteiger partial charge on any atom is -0.494 e. The number of rotatable bonds is 4. The summed E-state index contributed by atoms with van der Waals surface area (Å²) in [6.45, 7) is 6.59. The van der Waals surface area contributed by atoms with Gasteiger partial charge in [-0.15, -0.1) is 0 Å². The number of nitrogens with one attached hydrogen (secondary N) is 1. The molecule has 2 aromatic heterocycles. The van der Waals surface area contributed by atoms with E-state index in [1.54, 1.807) is 6.33 Å². The van der Waals surface area contributed by atoms with Gasteiger partial charge in [0, 0.05) is 18.9 Å². The molecule has 0 radical (unpaired) electrons. The number of anilines is 1. The molecule has 7 nitrogen and oxygen atoms in total. The Morgan fingerprint density at radius 3 is 2.79 bits per heavy atom. The first-order valence-electron chi connectivity index (χ1n) is 11.5. The number of benzene rings is 3. The Hall–Kier alpha value is -4.13. The van der Waals surface area contributed by atoms with Crippen molar-refractivity contribution in [2.24, 2.45) is 0 Å². The largest absolute Gasteiger partial charge is 0.494 e. The lowest BCUT2D eigenvalue weighted by molar-refractivity contribution is 0.331. The Morgan fingerprint density at radius 2 is 1.88 bits per heavy atom. The summed E-state index contributed by atoms with van der Waals surface area (Å²) in [5, 5.41) is 0.980. The summed E-state index contributed by atoms with van der Waals surface area (Å²) < 4.78 is 11.8. The lowest BCUT2D eigenvalue weighted by Gasteiger charge is -2.22. The maximum Gasteiger partial charge on any atom is 0.140 e. The van der Waals surface area contributed by atoms with Crippen molar-refractivity contribution in [2.45, 2.75) is 20.4 Å². The number of H-pyrrole nitrogens is 1. The average molecular weight is 454 g/mol. The molecule has 3 heterocycles. The highest BCUT2D eigenvalue weighted by Crippen LogP contribution is 2.34. The van der Waals surface area contributed by atoms with Gasteiger partial charge in [0.2, 0.25) is 0 Å². The van der Waals surface area contributed by atoms with Crippen LogP contribution in [0.1, 0.15) is 19.7 Å². The molecule has 1 N–H and O–H groups in total. The fraction of sp³-hybridized carbons (Fsp3) is 0.222. The van der Waals surface area contributed by atoms with Gasteiger partial charge < -0.3 is 19.4 Å². The van der Waals surface area contributed by atoms with Gasteiger partial charge in [0.1, 0.15) is 36.1 Å². The first kappa shape index (κ1) is 20.5. The fourth-order valence-electron chi connectivity index (χ4n) is 4.60. The Morgan fingerprint density at radius 1 is 1.03 bits per heavy atom. The second-order valence-corrected chi connectivity index (χ2v) is 8.46. The molecule has 0 bridgehead atoms. The molecular weight excluding hydrogens is 426 g/mol. The molecule has 1 aliphatic heterocycles. The molecule has 0 atom stereocenters. The molecule has 0 saturated carbocycles. The van der Waals surface area contributed by atoms with Gasteiger partial charge in [-0.3, -0.25) is 0 Å². The fourth-order valence-corrected chi connectivity index (χ4v) is 4.60. The molecule has 172 valence electrons. The smallest absolute Gasteiger partial charge is 0.140 e. The SMILES string of the molecule is CCOc1ccc2ncnc(N3CCOc4ccc(-c5ccc6nc(C)[nH]c6c5)cc4C3)c2c1.[HH]. The number of nitrogens with zero attached hydrogens (tertiary/aromatic N) is 4. The topological polar surface area (TPSA) is 76.2 Å². The van der Waals surface area contributed by atoms with Gasteiger partial charge in [0.05, 0.1) is 29.7 Å². The number of aryl methyl sites for hydroxylation is 1. The maximum absolute atomic E-state index is 6.11. The Bertz CT molecular complexity index is 1520.